The maximum Gasteiger partial charge on any atom is 0.321 e. The number of piperazine rings is 1. The lowest BCUT2D eigenvalue weighted by atomic mass is 10.0. The van der Waals surface area contributed by atoms with Crippen LogP contribution in [0.1, 0.15) is 5.56 Å². The molecular formula is C25H26N2O3. The average molecular weight is 402 g/mol. The molecule has 0 bridgehead atoms. The third-order valence-corrected chi connectivity index (χ3v) is 5.52. The maximum atomic E-state index is 12.1. The third kappa shape index (κ3) is 4.81. The van der Waals surface area contributed by atoms with Gasteiger partial charge in [0.2, 0.25) is 0 Å². The number of carboxylic acid groups (broad SMARTS) is 1. The first kappa shape index (κ1) is 20.0. The van der Waals surface area contributed by atoms with Crippen molar-refractivity contribution in [3.8, 4) is 11.5 Å². The van der Waals surface area contributed by atoms with Gasteiger partial charge in [-0.15, -0.1) is 0 Å². The van der Waals surface area contributed by atoms with E-state index < -0.39 is 12.0 Å². The number of nitrogens with zero attached hydrogens (tertiary/aromatic N) is 2. The van der Waals surface area contributed by atoms with Gasteiger partial charge in [0.25, 0.3) is 0 Å². The van der Waals surface area contributed by atoms with Crippen LogP contribution in [0.2, 0.25) is 0 Å². The van der Waals surface area contributed by atoms with Gasteiger partial charge in [-0.25, -0.2) is 0 Å². The van der Waals surface area contributed by atoms with Crippen molar-refractivity contribution in [2.75, 3.05) is 31.1 Å². The molecule has 0 aromatic heterocycles. The molecule has 1 aliphatic rings. The molecule has 0 aliphatic carbocycles. The van der Waals surface area contributed by atoms with Gasteiger partial charge in [0.15, 0.2) is 0 Å². The van der Waals surface area contributed by atoms with E-state index in [-0.39, 0.29) is 0 Å². The minimum absolute atomic E-state index is 0.406. The van der Waals surface area contributed by atoms with E-state index in [0.29, 0.717) is 25.3 Å². The summed E-state index contributed by atoms with van der Waals surface area (Å²) in [6, 6.07) is 27.0. The summed E-state index contributed by atoms with van der Waals surface area (Å²) in [7, 11) is 0. The second-order valence-electron chi connectivity index (χ2n) is 7.44. The average Bonchev–Trinajstić information content (AvgIpc) is 2.80. The molecule has 0 amide bonds. The molecule has 1 fully saturated rings. The number of anilines is 1. The quantitative estimate of drug-likeness (QED) is 0.639. The molecule has 5 nitrogen and oxygen atoms in total. The summed E-state index contributed by atoms with van der Waals surface area (Å²) in [5.74, 6) is 0.656. The molecule has 1 atom stereocenters. The Morgan fingerprint density at radius 3 is 2.10 bits per heavy atom. The molecule has 5 heteroatoms. The number of rotatable bonds is 7. The Kier molecular flexibility index (Phi) is 6.30. The third-order valence-electron chi connectivity index (χ3n) is 5.52. The van der Waals surface area contributed by atoms with Gasteiger partial charge in [-0.3, -0.25) is 9.69 Å². The molecule has 3 aromatic carbocycles. The van der Waals surface area contributed by atoms with Crippen LogP contribution < -0.4 is 9.64 Å². The number of hydrogen-bond acceptors (Lipinski definition) is 4. The highest BCUT2D eigenvalue weighted by Crippen LogP contribution is 2.27. The highest BCUT2D eigenvalue weighted by Gasteiger charge is 2.30. The van der Waals surface area contributed by atoms with Crippen LogP contribution in [0, 0.1) is 0 Å². The molecule has 1 saturated heterocycles. The molecule has 30 heavy (non-hydrogen) atoms. The Morgan fingerprint density at radius 1 is 0.833 bits per heavy atom. The van der Waals surface area contributed by atoms with E-state index in [1.807, 2.05) is 72.8 Å². The van der Waals surface area contributed by atoms with Crippen LogP contribution in [-0.4, -0.2) is 48.2 Å². The topological polar surface area (TPSA) is 53.0 Å². The van der Waals surface area contributed by atoms with Crippen molar-refractivity contribution >= 4 is 11.7 Å². The van der Waals surface area contributed by atoms with Crippen molar-refractivity contribution < 1.29 is 14.6 Å². The number of para-hydroxylation sites is 3. The molecule has 4 rings (SSSR count). The number of ether oxygens (including phenoxy) is 1. The van der Waals surface area contributed by atoms with Gasteiger partial charge in [0, 0.05) is 38.3 Å². The highest BCUT2D eigenvalue weighted by molar-refractivity contribution is 5.74. The van der Waals surface area contributed by atoms with Crippen molar-refractivity contribution in [1.82, 2.24) is 4.90 Å². The lowest BCUT2D eigenvalue weighted by Crippen LogP contribution is -2.53. The van der Waals surface area contributed by atoms with Crippen LogP contribution in [0.15, 0.2) is 84.9 Å². The van der Waals surface area contributed by atoms with Crippen LogP contribution in [0.4, 0.5) is 5.69 Å². The van der Waals surface area contributed by atoms with Crippen LogP contribution in [0.25, 0.3) is 0 Å². The zero-order valence-electron chi connectivity index (χ0n) is 16.9. The normalized spacial score (nSPS) is 15.5. The fraction of sp³-hybridized carbons (Fsp3) is 0.240. The standard InChI is InChI=1S/C25H26N2O3/c28-25(29)23(27-17-15-26(16-18-27)21-10-3-1-4-11-21)19-20-9-7-8-14-24(20)30-22-12-5-2-6-13-22/h1-14,23H,15-19H2,(H,28,29)/t23-/m1/s1. The molecule has 1 aliphatic heterocycles. The zero-order valence-corrected chi connectivity index (χ0v) is 16.9. The van der Waals surface area contributed by atoms with Gasteiger partial charge in [0.1, 0.15) is 17.5 Å². The summed E-state index contributed by atoms with van der Waals surface area (Å²) in [4.78, 5) is 16.5. The molecule has 3 aromatic rings. The van der Waals surface area contributed by atoms with E-state index in [1.54, 1.807) is 0 Å². The molecule has 1 N–H and O–H groups in total. The summed E-state index contributed by atoms with van der Waals surface area (Å²) in [5, 5.41) is 9.95. The van der Waals surface area contributed by atoms with E-state index in [4.69, 9.17) is 4.74 Å². The monoisotopic (exact) mass is 402 g/mol. The molecule has 154 valence electrons. The second-order valence-corrected chi connectivity index (χ2v) is 7.44. The Morgan fingerprint density at radius 2 is 1.43 bits per heavy atom. The van der Waals surface area contributed by atoms with E-state index >= 15 is 0 Å². The predicted molar refractivity (Wildman–Crippen MR) is 118 cm³/mol. The van der Waals surface area contributed by atoms with Crippen LogP contribution in [0.5, 0.6) is 11.5 Å². The van der Waals surface area contributed by atoms with Gasteiger partial charge in [-0.05, 0) is 35.9 Å². The minimum atomic E-state index is -0.794. The maximum absolute atomic E-state index is 12.1. The lowest BCUT2D eigenvalue weighted by molar-refractivity contribution is -0.143. The number of benzene rings is 3. The van der Waals surface area contributed by atoms with E-state index in [0.717, 1.165) is 24.4 Å². The summed E-state index contributed by atoms with van der Waals surface area (Å²) in [5.41, 5.74) is 2.09. The Balaban J connectivity index is 1.45. The number of aliphatic carboxylic acids is 1. The van der Waals surface area contributed by atoms with Gasteiger partial charge in [-0.2, -0.15) is 0 Å². The smallest absolute Gasteiger partial charge is 0.321 e. The molecule has 0 saturated carbocycles. The van der Waals surface area contributed by atoms with Crippen LogP contribution in [0.3, 0.4) is 0 Å². The second kappa shape index (κ2) is 9.46. The predicted octanol–water partition coefficient (Wildman–Crippen LogP) is 4.30. The van der Waals surface area contributed by atoms with Crippen molar-refractivity contribution in [2.24, 2.45) is 0 Å². The largest absolute Gasteiger partial charge is 0.480 e. The Labute approximate surface area is 177 Å². The Bertz CT molecular complexity index is 954. The van der Waals surface area contributed by atoms with E-state index in [9.17, 15) is 9.90 Å². The summed E-state index contributed by atoms with van der Waals surface area (Å²) >= 11 is 0. The van der Waals surface area contributed by atoms with Crippen LogP contribution in [-0.2, 0) is 11.2 Å². The minimum Gasteiger partial charge on any atom is -0.480 e. The summed E-state index contributed by atoms with van der Waals surface area (Å²) in [6.07, 6.45) is 0.406. The van der Waals surface area contributed by atoms with Crippen molar-refractivity contribution in [3.05, 3.63) is 90.5 Å². The van der Waals surface area contributed by atoms with Gasteiger partial charge in [0.05, 0.1) is 0 Å². The van der Waals surface area contributed by atoms with Crippen molar-refractivity contribution in [1.29, 1.82) is 0 Å². The molecule has 0 spiro atoms. The molecule has 1 heterocycles. The SMILES string of the molecule is O=C(O)[C@@H](Cc1ccccc1Oc1ccccc1)N1CCN(c2ccccc2)CC1. The van der Waals surface area contributed by atoms with E-state index in [1.165, 1.54) is 5.69 Å². The zero-order chi connectivity index (χ0) is 20.8. The van der Waals surface area contributed by atoms with Crippen LogP contribution >= 0.6 is 0 Å². The van der Waals surface area contributed by atoms with Gasteiger partial charge >= 0.3 is 5.97 Å². The number of carbonyl (C=O) groups is 1. The molecular weight excluding hydrogens is 376 g/mol. The van der Waals surface area contributed by atoms with Crippen molar-refractivity contribution in [3.63, 3.8) is 0 Å². The molecule has 0 radical (unpaired) electrons. The Hall–Kier alpha value is -3.31. The number of hydrogen-bond donors (Lipinski definition) is 1. The fourth-order valence-electron chi connectivity index (χ4n) is 3.90. The first-order valence-corrected chi connectivity index (χ1v) is 10.3. The first-order valence-electron chi connectivity index (χ1n) is 10.3. The first-order chi connectivity index (χ1) is 14.7. The molecule has 0 unspecified atom stereocenters. The van der Waals surface area contributed by atoms with Gasteiger partial charge in [-0.1, -0.05) is 54.6 Å². The van der Waals surface area contributed by atoms with Crippen molar-refractivity contribution in [2.45, 2.75) is 12.5 Å². The van der Waals surface area contributed by atoms with Gasteiger partial charge < -0.3 is 14.7 Å². The van der Waals surface area contributed by atoms with E-state index in [2.05, 4.69) is 21.9 Å². The lowest BCUT2D eigenvalue weighted by Gasteiger charge is -2.39. The fourth-order valence-corrected chi connectivity index (χ4v) is 3.90. The summed E-state index contributed by atoms with van der Waals surface area (Å²) < 4.78 is 6.03. The summed E-state index contributed by atoms with van der Waals surface area (Å²) in [6.45, 7) is 3.06. The highest BCUT2D eigenvalue weighted by atomic mass is 16.5. The number of carboxylic acids is 1.